The summed E-state index contributed by atoms with van der Waals surface area (Å²) in [6, 6.07) is 15.2. The molecule has 32 heavy (non-hydrogen) atoms. The monoisotopic (exact) mass is 459 g/mol. The molecule has 0 radical (unpaired) electrons. The van der Waals surface area contributed by atoms with Crippen molar-refractivity contribution in [2.75, 3.05) is 24.5 Å². The number of halogens is 1. The van der Waals surface area contributed by atoms with Crippen LogP contribution in [0.1, 0.15) is 47.2 Å². The third-order valence-electron chi connectivity index (χ3n) is 6.41. The number of rotatable bonds is 4. The summed E-state index contributed by atoms with van der Waals surface area (Å²) < 4.78 is 0. The summed E-state index contributed by atoms with van der Waals surface area (Å²) in [4.78, 5) is 28.6. The summed E-state index contributed by atoms with van der Waals surface area (Å²) in [6.07, 6.45) is 0.307. The highest BCUT2D eigenvalue weighted by atomic mass is 35.5. The van der Waals surface area contributed by atoms with Gasteiger partial charge in [-0.05, 0) is 55.0 Å². The van der Waals surface area contributed by atoms with Gasteiger partial charge in [-0.25, -0.2) is 0 Å². The highest BCUT2D eigenvalue weighted by molar-refractivity contribution is 6.02. The molecule has 0 aliphatic carbocycles. The lowest BCUT2D eigenvalue weighted by molar-refractivity contribution is -0.130. The summed E-state index contributed by atoms with van der Waals surface area (Å²) in [7, 11) is 0. The zero-order chi connectivity index (χ0) is 22.2. The van der Waals surface area contributed by atoms with E-state index >= 15 is 0 Å². The second-order valence-electron chi connectivity index (χ2n) is 8.75. The molecule has 2 aliphatic rings. The van der Waals surface area contributed by atoms with E-state index in [0.29, 0.717) is 36.8 Å². The van der Waals surface area contributed by atoms with Crippen molar-refractivity contribution in [3.8, 4) is 0 Å². The summed E-state index contributed by atoms with van der Waals surface area (Å²) in [5.41, 5.74) is 7.63. The maximum atomic E-state index is 13.1. The molecule has 7 nitrogen and oxygen atoms in total. The Morgan fingerprint density at radius 2 is 1.84 bits per heavy atom. The number of aliphatic hydroxyl groups is 2. The molecular weight excluding hydrogens is 430 g/mol. The van der Waals surface area contributed by atoms with Crippen molar-refractivity contribution >= 4 is 29.9 Å². The minimum Gasteiger partial charge on any atom is -0.385 e. The van der Waals surface area contributed by atoms with Crippen LogP contribution in [0.5, 0.6) is 0 Å². The van der Waals surface area contributed by atoms with E-state index in [0.717, 1.165) is 18.4 Å². The van der Waals surface area contributed by atoms with Crippen molar-refractivity contribution in [3.05, 3.63) is 65.2 Å². The first-order valence-corrected chi connectivity index (χ1v) is 10.7. The molecule has 2 atom stereocenters. The van der Waals surface area contributed by atoms with E-state index < -0.39 is 17.6 Å². The quantitative estimate of drug-likeness (QED) is 0.648. The molecule has 2 aromatic rings. The van der Waals surface area contributed by atoms with Crippen LogP contribution in [-0.2, 0) is 11.3 Å². The third-order valence-corrected chi connectivity index (χ3v) is 6.41. The molecule has 8 heteroatoms. The van der Waals surface area contributed by atoms with E-state index in [9.17, 15) is 19.8 Å². The molecule has 0 spiro atoms. The van der Waals surface area contributed by atoms with Gasteiger partial charge in [0.05, 0.1) is 6.54 Å². The fraction of sp³-hybridized carbons (Fsp3) is 0.417. The van der Waals surface area contributed by atoms with Crippen LogP contribution in [0.15, 0.2) is 48.5 Å². The normalized spacial score (nSPS) is 23.9. The van der Waals surface area contributed by atoms with E-state index in [1.807, 2.05) is 17.0 Å². The fourth-order valence-corrected chi connectivity index (χ4v) is 4.50. The second kappa shape index (κ2) is 9.58. The largest absolute Gasteiger partial charge is 0.385 e. The lowest BCUT2D eigenvalue weighted by atomic mass is 9.88. The fourth-order valence-electron chi connectivity index (χ4n) is 4.50. The van der Waals surface area contributed by atoms with E-state index in [1.54, 1.807) is 24.3 Å². The number of nitrogens with two attached hydrogens (primary N) is 1. The number of piperidine rings is 1. The molecule has 0 saturated carbocycles. The lowest BCUT2D eigenvalue weighted by Crippen LogP contribution is -2.39. The Kier molecular flexibility index (Phi) is 7.25. The topological polar surface area (TPSA) is 107 Å². The number of anilines is 1. The van der Waals surface area contributed by atoms with Crippen LogP contribution >= 0.6 is 12.4 Å². The average molecular weight is 460 g/mol. The SMILES string of the molecule is CC1(O)CN(c2cccc(C(=O)N3CCC(c4cccc(CN)c4)CC3)c2)C(=O)C1O.Cl. The number of hydrogen-bond acceptors (Lipinski definition) is 5. The molecule has 2 fully saturated rings. The molecule has 0 bridgehead atoms. The number of aliphatic hydroxyl groups excluding tert-OH is 1. The lowest BCUT2D eigenvalue weighted by Gasteiger charge is -2.32. The number of amides is 2. The predicted molar refractivity (Wildman–Crippen MR) is 125 cm³/mol. The van der Waals surface area contributed by atoms with Gasteiger partial charge in [-0.15, -0.1) is 12.4 Å². The van der Waals surface area contributed by atoms with Crippen molar-refractivity contribution in [3.63, 3.8) is 0 Å². The van der Waals surface area contributed by atoms with Gasteiger partial charge in [0, 0.05) is 30.9 Å². The highest BCUT2D eigenvalue weighted by Gasteiger charge is 2.47. The Morgan fingerprint density at radius 3 is 2.47 bits per heavy atom. The maximum Gasteiger partial charge on any atom is 0.258 e. The highest BCUT2D eigenvalue weighted by Crippen LogP contribution is 2.31. The van der Waals surface area contributed by atoms with E-state index in [-0.39, 0.29) is 24.9 Å². The van der Waals surface area contributed by atoms with Gasteiger partial charge in [0.1, 0.15) is 5.60 Å². The number of carbonyl (C=O) groups is 2. The molecule has 172 valence electrons. The van der Waals surface area contributed by atoms with Gasteiger partial charge in [-0.2, -0.15) is 0 Å². The summed E-state index contributed by atoms with van der Waals surface area (Å²) >= 11 is 0. The van der Waals surface area contributed by atoms with Crippen LogP contribution in [0.25, 0.3) is 0 Å². The Bertz CT molecular complexity index is 989. The summed E-state index contributed by atoms with van der Waals surface area (Å²) in [5, 5.41) is 20.2. The number of hydrogen-bond donors (Lipinski definition) is 3. The van der Waals surface area contributed by atoms with Crippen molar-refractivity contribution in [1.82, 2.24) is 4.90 Å². The third kappa shape index (κ3) is 4.66. The van der Waals surface area contributed by atoms with E-state index in [1.165, 1.54) is 17.4 Å². The number of β-amino-alcohol motifs (C(OH)–C–C–N with tert-alkyl or cyclic N) is 1. The van der Waals surface area contributed by atoms with Gasteiger partial charge in [0.25, 0.3) is 11.8 Å². The van der Waals surface area contributed by atoms with Crippen LogP contribution in [0.3, 0.4) is 0 Å². The Balaban J connectivity index is 0.00000289. The summed E-state index contributed by atoms with van der Waals surface area (Å²) in [6.45, 7) is 3.26. The first-order chi connectivity index (χ1) is 14.8. The Hall–Kier alpha value is -2.45. The zero-order valence-corrected chi connectivity index (χ0v) is 18.9. The minimum atomic E-state index is -1.51. The second-order valence-corrected chi connectivity index (χ2v) is 8.75. The van der Waals surface area contributed by atoms with Crippen molar-refractivity contribution in [2.45, 2.75) is 43.9 Å². The molecule has 2 heterocycles. The minimum absolute atomic E-state index is 0. The van der Waals surface area contributed by atoms with Gasteiger partial charge >= 0.3 is 0 Å². The first-order valence-electron chi connectivity index (χ1n) is 10.7. The number of benzene rings is 2. The molecule has 4 rings (SSSR count). The van der Waals surface area contributed by atoms with Gasteiger partial charge in [-0.1, -0.05) is 30.3 Å². The molecule has 4 N–H and O–H groups in total. The molecule has 2 amide bonds. The van der Waals surface area contributed by atoms with Gasteiger partial charge in [0.2, 0.25) is 0 Å². The molecule has 0 aromatic heterocycles. The van der Waals surface area contributed by atoms with E-state index in [4.69, 9.17) is 5.73 Å². The van der Waals surface area contributed by atoms with Crippen molar-refractivity contribution in [2.24, 2.45) is 5.73 Å². The number of likely N-dealkylation sites (tertiary alicyclic amines) is 1. The smallest absolute Gasteiger partial charge is 0.258 e. The van der Waals surface area contributed by atoms with Gasteiger partial charge < -0.3 is 25.7 Å². The van der Waals surface area contributed by atoms with Crippen LogP contribution in [0.4, 0.5) is 5.69 Å². The Labute approximate surface area is 194 Å². The standard InChI is InChI=1S/C24H29N3O4.ClH/c1-24(31)15-27(23(30)21(24)28)20-7-3-6-19(13-20)22(29)26-10-8-17(9-11-26)18-5-2-4-16(12-18)14-25;/h2-7,12-13,17,21,28,31H,8-11,14-15,25H2,1H3;1H. The predicted octanol–water partition coefficient (Wildman–Crippen LogP) is 2.05. The molecule has 2 saturated heterocycles. The number of nitrogens with zero attached hydrogens (tertiary/aromatic N) is 2. The molecular formula is C24H30ClN3O4. The van der Waals surface area contributed by atoms with Gasteiger partial charge in [0.15, 0.2) is 6.10 Å². The van der Waals surface area contributed by atoms with Crippen LogP contribution < -0.4 is 10.6 Å². The maximum absolute atomic E-state index is 13.1. The zero-order valence-electron chi connectivity index (χ0n) is 18.1. The van der Waals surface area contributed by atoms with Crippen LogP contribution in [0, 0.1) is 0 Å². The van der Waals surface area contributed by atoms with Crippen LogP contribution in [0.2, 0.25) is 0 Å². The molecule has 2 aromatic carbocycles. The number of carbonyl (C=O) groups excluding carboxylic acids is 2. The Morgan fingerprint density at radius 1 is 1.16 bits per heavy atom. The molecule has 2 aliphatic heterocycles. The van der Waals surface area contributed by atoms with Crippen molar-refractivity contribution < 1.29 is 19.8 Å². The van der Waals surface area contributed by atoms with Gasteiger partial charge in [-0.3, -0.25) is 9.59 Å². The summed E-state index contributed by atoms with van der Waals surface area (Å²) in [5.74, 6) is -0.224. The van der Waals surface area contributed by atoms with E-state index in [2.05, 4.69) is 12.1 Å². The first kappa shape index (κ1) is 24.2. The average Bonchev–Trinajstić information content (AvgIpc) is 3.01. The molecule has 2 unspecified atom stereocenters. The van der Waals surface area contributed by atoms with Crippen LogP contribution in [-0.4, -0.2) is 58.3 Å². The van der Waals surface area contributed by atoms with Crippen molar-refractivity contribution in [1.29, 1.82) is 0 Å².